The first-order chi connectivity index (χ1) is 4.93. The molecule has 0 aromatic carbocycles. The Balaban J connectivity index is 2.43. The molecule has 53 valence electrons. The topological polar surface area (TPSA) is 27.0 Å². The largest absolute Gasteiger partial charge is 0.264 e. The highest BCUT2D eigenvalue weighted by Crippen LogP contribution is 1.93. The molecule has 0 amide bonds. The van der Waals surface area contributed by atoms with Gasteiger partial charge in [0.05, 0.1) is 0 Å². The lowest BCUT2D eigenvalue weighted by Gasteiger charge is -1.96. The van der Waals surface area contributed by atoms with Crippen molar-refractivity contribution in [2.24, 2.45) is 0 Å². The quantitative estimate of drug-likeness (QED) is 0.612. The standard InChI is InChI=1S/C8H11N2/c1-2-9-6-8-4-3-5-10-7-8/h3-5,7H,2,6H2,1H3. The lowest BCUT2D eigenvalue weighted by Crippen LogP contribution is -2.02. The van der Waals surface area contributed by atoms with Crippen LogP contribution in [0.3, 0.4) is 0 Å². The number of pyridine rings is 1. The van der Waals surface area contributed by atoms with Gasteiger partial charge in [0.1, 0.15) is 0 Å². The third-order valence-corrected chi connectivity index (χ3v) is 1.24. The summed E-state index contributed by atoms with van der Waals surface area (Å²) in [4.78, 5) is 3.98. The van der Waals surface area contributed by atoms with Crippen molar-refractivity contribution in [1.29, 1.82) is 0 Å². The van der Waals surface area contributed by atoms with Crippen LogP contribution in [0.25, 0.3) is 0 Å². The van der Waals surface area contributed by atoms with E-state index >= 15 is 0 Å². The van der Waals surface area contributed by atoms with Crippen molar-refractivity contribution >= 4 is 0 Å². The van der Waals surface area contributed by atoms with E-state index < -0.39 is 0 Å². The molecule has 2 heteroatoms. The monoisotopic (exact) mass is 135 g/mol. The summed E-state index contributed by atoms with van der Waals surface area (Å²) in [6, 6.07) is 3.96. The Hall–Kier alpha value is -0.890. The molecular weight excluding hydrogens is 124 g/mol. The number of nitrogens with zero attached hydrogens (tertiary/aromatic N) is 2. The fourth-order valence-electron chi connectivity index (χ4n) is 0.733. The van der Waals surface area contributed by atoms with Gasteiger partial charge in [-0.15, -0.1) is 0 Å². The smallest absolute Gasteiger partial charge is 0.0399 e. The minimum atomic E-state index is 0.796. The van der Waals surface area contributed by atoms with Gasteiger partial charge in [-0.1, -0.05) is 13.0 Å². The zero-order valence-corrected chi connectivity index (χ0v) is 6.12. The van der Waals surface area contributed by atoms with Crippen LogP contribution in [0, 0.1) is 0 Å². The van der Waals surface area contributed by atoms with Crippen LogP contribution in [0.2, 0.25) is 0 Å². The number of hydrogen-bond donors (Lipinski definition) is 0. The Kier molecular flexibility index (Phi) is 2.90. The maximum atomic E-state index is 4.20. The first-order valence-electron chi connectivity index (χ1n) is 3.45. The van der Waals surface area contributed by atoms with E-state index in [1.807, 2.05) is 25.3 Å². The molecule has 0 aliphatic carbocycles. The first-order valence-corrected chi connectivity index (χ1v) is 3.45. The predicted molar refractivity (Wildman–Crippen MR) is 40.6 cm³/mol. The fourth-order valence-corrected chi connectivity index (χ4v) is 0.733. The SMILES string of the molecule is CC[N]Cc1cccnc1. The second kappa shape index (κ2) is 4.01. The summed E-state index contributed by atoms with van der Waals surface area (Å²) in [7, 11) is 0. The van der Waals surface area contributed by atoms with Crippen molar-refractivity contribution in [2.75, 3.05) is 6.54 Å². The van der Waals surface area contributed by atoms with Crippen molar-refractivity contribution in [3.63, 3.8) is 0 Å². The van der Waals surface area contributed by atoms with Gasteiger partial charge in [0.25, 0.3) is 0 Å². The molecule has 0 atom stereocenters. The molecule has 2 nitrogen and oxygen atoms in total. The average Bonchev–Trinajstić information content (AvgIpc) is 2.03. The van der Waals surface area contributed by atoms with Crippen LogP contribution in [0.4, 0.5) is 0 Å². The van der Waals surface area contributed by atoms with Crippen LogP contribution in [0.15, 0.2) is 24.5 Å². The highest BCUT2D eigenvalue weighted by molar-refractivity contribution is 5.07. The van der Waals surface area contributed by atoms with Crippen molar-refractivity contribution < 1.29 is 0 Å². The van der Waals surface area contributed by atoms with E-state index in [0.29, 0.717) is 0 Å². The van der Waals surface area contributed by atoms with E-state index in [0.717, 1.165) is 13.1 Å². The zero-order chi connectivity index (χ0) is 7.23. The van der Waals surface area contributed by atoms with E-state index in [-0.39, 0.29) is 0 Å². The summed E-state index contributed by atoms with van der Waals surface area (Å²) in [5.74, 6) is 0. The minimum absolute atomic E-state index is 0.796. The third kappa shape index (κ3) is 2.15. The normalized spacial score (nSPS) is 9.70. The Morgan fingerprint density at radius 3 is 3.10 bits per heavy atom. The second-order valence-corrected chi connectivity index (χ2v) is 2.06. The van der Waals surface area contributed by atoms with Crippen molar-refractivity contribution in [2.45, 2.75) is 13.5 Å². The summed E-state index contributed by atoms with van der Waals surface area (Å²) < 4.78 is 0. The summed E-state index contributed by atoms with van der Waals surface area (Å²) >= 11 is 0. The van der Waals surface area contributed by atoms with E-state index in [4.69, 9.17) is 0 Å². The molecule has 0 saturated heterocycles. The number of aromatic nitrogens is 1. The van der Waals surface area contributed by atoms with Gasteiger partial charge in [-0.05, 0) is 11.6 Å². The molecule has 0 N–H and O–H groups in total. The number of hydrogen-bond acceptors (Lipinski definition) is 1. The average molecular weight is 135 g/mol. The van der Waals surface area contributed by atoms with Crippen molar-refractivity contribution in [1.82, 2.24) is 10.3 Å². The lowest BCUT2D eigenvalue weighted by atomic mass is 10.3. The van der Waals surface area contributed by atoms with Gasteiger partial charge in [0.15, 0.2) is 0 Å². The number of rotatable bonds is 3. The Morgan fingerprint density at radius 2 is 2.50 bits per heavy atom. The molecule has 0 fully saturated rings. The molecule has 0 aliphatic heterocycles. The third-order valence-electron chi connectivity index (χ3n) is 1.24. The first kappa shape index (κ1) is 7.22. The molecule has 10 heavy (non-hydrogen) atoms. The van der Waals surface area contributed by atoms with E-state index in [2.05, 4.69) is 10.3 Å². The second-order valence-electron chi connectivity index (χ2n) is 2.06. The van der Waals surface area contributed by atoms with Gasteiger partial charge in [-0.3, -0.25) is 4.98 Å². The van der Waals surface area contributed by atoms with Crippen LogP contribution in [-0.4, -0.2) is 11.5 Å². The zero-order valence-electron chi connectivity index (χ0n) is 6.12. The van der Waals surface area contributed by atoms with E-state index in [1.165, 1.54) is 5.56 Å². The fraction of sp³-hybridized carbons (Fsp3) is 0.375. The summed E-state index contributed by atoms with van der Waals surface area (Å²) in [6.45, 7) is 3.72. The van der Waals surface area contributed by atoms with Gasteiger partial charge in [-0.25, -0.2) is 5.32 Å². The van der Waals surface area contributed by atoms with Gasteiger partial charge >= 0.3 is 0 Å². The molecule has 1 radical (unpaired) electrons. The molecule has 0 bridgehead atoms. The molecule has 0 unspecified atom stereocenters. The molecule has 0 aliphatic rings. The predicted octanol–water partition coefficient (Wildman–Crippen LogP) is 1.21. The molecule has 1 aromatic rings. The minimum Gasteiger partial charge on any atom is -0.264 e. The van der Waals surface area contributed by atoms with Gasteiger partial charge in [0.2, 0.25) is 0 Å². The molecule has 1 heterocycles. The van der Waals surface area contributed by atoms with Crippen LogP contribution < -0.4 is 5.32 Å². The van der Waals surface area contributed by atoms with Crippen LogP contribution in [-0.2, 0) is 6.54 Å². The molecular formula is C8H11N2. The van der Waals surface area contributed by atoms with Gasteiger partial charge in [-0.2, -0.15) is 0 Å². The van der Waals surface area contributed by atoms with Gasteiger partial charge in [0, 0.05) is 25.5 Å². The van der Waals surface area contributed by atoms with E-state index in [9.17, 15) is 0 Å². The Bertz CT molecular complexity index is 172. The molecule has 1 rings (SSSR count). The Morgan fingerprint density at radius 1 is 1.60 bits per heavy atom. The highest BCUT2D eigenvalue weighted by atomic mass is 14.8. The maximum absolute atomic E-state index is 4.20. The molecule has 1 aromatic heterocycles. The van der Waals surface area contributed by atoms with Crippen molar-refractivity contribution in [3.8, 4) is 0 Å². The molecule has 0 saturated carbocycles. The van der Waals surface area contributed by atoms with Crippen LogP contribution in [0.1, 0.15) is 12.5 Å². The van der Waals surface area contributed by atoms with Crippen LogP contribution in [0.5, 0.6) is 0 Å². The Labute approximate surface area is 61.3 Å². The summed E-state index contributed by atoms with van der Waals surface area (Å²) in [5, 5.41) is 4.20. The molecule has 0 spiro atoms. The highest BCUT2D eigenvalue weighted by Gasteiger charge is 1.88. The van der Waals surface area contributed by atoms with Crippen LogP contribution >= 0.6 is 0 Å². The van der Waals surface area contributed by atoms with Gasteiger partial charge < -0.3 is 0 Å². The van der Waals surface area contributed by atoms with Crippen molar-refractivity contribution in [3.05, 3.63) is 30.1 Å². The maximum Gasteiger partial charge on any atom is 0.0399 e. The van der Waals surface area contributed by atoms with E-state index in [1.54, 1.807) is 6.20 Å². The summed E-state index contributed by atoms with van der Waals surface area (Å²) in [5.41, 5.74) is 1.18. The lowest BCUT2D eigenvalue weighted by molar-refractivity contribution is 0.708. The summed E-state index contributed by atoms with van der Waals surface area (Å²) in [6.07, 6.45) is 3.62.